The second kappa shape index (κ2) is 10.8. The topological polar surface area (TPSA) is 20.8 Å². The van der Waals surface area contributed by atoms with Gasteiger partial charge in [-0.3, -0.25) is 0 Å². The van der Waals surface area contributed by atoms with E-state index in [1.54, 1.807) is 0 Å². The van der Waals surface area contributed by atoms with E-state index in [4.69, 9.17) is 4.42 Å². The quantitative estimate of drug-likeness (QED) is 0.185. The Bertz CT molecular complexity index is 3060. The van der Waals surface area contributed by atoms with Crippen LogP contribution < -0.4 is 4.90 Å². The van der Waals surface area contributed by atoms with Crippen LogP contribution in [0.15, 0.2) is 186 Å². The highest BCUT2D eigenvalue weighted by Crippen LogP contribution is 2.44. The Hall–Kier alpha value is -6.84. The third-order valence-electron chi connectivity index (χ3n) is 10.5. The smallest absolute Gasteiger partial charge is 0.159 e. The number of hydrogen-bond acceptors (Lipinski definition) is 2. The summed E-state index contributed by atoms with van der Waals surface area (Å²) < 4.78 is 9.00. The van der Waals surface area contributed by atoms with Crippen molar-refractivity contribution in [3.8, 4) is 22.3 Å². The molecule has 0 unspecified atom stereocenters. The van der Waals surface area contributed by atoms with Crippen molar-refractivity contribution in [3.05, 3.63) is 182 Å². The Morgan fingerprint density at radius 3 is 1.71 bits per heavy atom. The van der Waals surface area contributed by atoms with Crippen molar-refractivity contribution in [1.82, 2.24) is 4.40 Å². The van der Waals surface area contributed by atoms with Crippen molar-refractivity contribution in [1.29, 1.82) is 0 Å². The predicted octanol–water partition coefficient (Wildman–Crippen LogP) is 13.5. The van der Waals surface area contributed by atoms with Gasteiger partial charge in [0.05, 0.1) is 22.2 Å². The molecule has 238 valence electrons. The van der Waals surface area contributed by atoms with E-state index in [1.807, 2.05) is 12.1 Å². The lowest BCUT2D eigenvalue weighted by Gasteiger charge is -2.26. The van der Waals surface area contributed by atoms with E-state index < -0.39 is 0 Å². The number of benzene rings is 8. The second-order valence-corrected chi connectivity index (χ2v) is 13.3. The van der Waals surface area contributed by atoms with Crippen LogP contribution >= 0.6 is 0 Å². The lowest BCUT2D eigenvalue weighted by molar-refractivity contribution is 0.669. The SMILES string of the molecule is c1ccc(-c2ccc(N(c3ccc(-c4ccc5c(c4)c4cccc6c7ccccc7n5c64)cc3)c3cccc4c3oc3ccccc34)cc2)cc1. The Morgan fingerprint density at radius 2 is 0.922 bits per heavy atom. The molecule has 0 amide bonds. The van der Waals surface area contributed by atoms with Gasteiger partial charge in [-0.2, -0.15) is 0 Å². The highest BCUT2D eigenvalue weighted by atomic mass is 16.3. The fourth-order valence-electron chi connectivity index (χ4n) is 8.18. The zero-order valence-electron chi connectivity index (χ0n) is 27.6. The molecule has 0 saturated heterocycles. The molecule has 0 bridgehead atoms. The maximum Gasteiger partial charge on any atom is 0.159 e. The fraction of sp³-hybridized carbons (Fsp3) is 0. The molecule has 11 rings (SSSR count). The summed E-state index contributed by atoms with van der Waals surface area (Å²) >= 11 is 0. The number of aromatic nitrogens is 1. The van der Waals surface area contributed by atoms with Gasteiger partial charge in [0, 0.05) is 43.7 Å². The van der Waals surface area contributed by atoms with Gasteiger partial charge in [0.2, 0.25) is 0 Å². The van der Waals surface area contributed by atoms with Crippen molar-refractivity contribution in [3.63, 3.8) is 0 Å². The minimum absolute atomic E-state index is 0.874. The van der Waals surface area contributed by atoms with Crippen molar-refractivity contribution in [2.75, 3.05) is 4.90 Å². The molecule has 3 heteroatoms. The van der Waals surface area contributed by atoms with Gasteiger partial charge in [-0.05, 0) is 76.9 Å². The summed E-state index contributed by atoms with van der Waals surface area (Å²) in [5.74, 6) is 0. The number of nitrogens with zero attached hydrogens (tertiary/aromatic N) is 2. The second-order valence-electron chi connectivity index (χ2n) is 13.3. The van der Waals surface area contributed by atoms with E-state index in [2.05, 4.69) is 179 Å². The number of anilines is 3. The van der Waals surface area contributed by atoms with E-state index in [0.717, 1.165) is 39.0 Å². The van der Waals surface area contributed by atoms with Crippen molar-refractivity contribution in [2.45, 2.75) is 0 Å². The molecule has 8 aromatic carbocycles. The summed E-state index contributed by atoms with van der Waals surface area (Å²) in [5, 5.41) is 7.41. The number of rotatable bonds is 5. The summed E-state index contributed by atoms with van der Waals surface area (Å²) in [5.41, 5.74) is 13.5. The molecular weight excluding hydrogens is 621 g/mol. The van der Waals surface area contributed by atoms with Crippen LogP contribution in [0.4, 0.5) is 17.1 Å². The van der Waals surface area contributed by atoms with E-state index in [0.29, 0.717) is 0 Å². The number of fused-ring (bicyclic) bond motifs is 9. The van der Waals surface area contributed by atoms with Crippen molar-refractivity contribution in [2.24, 2.45) is 0 Å². The third-order valence-corrected chi connectivity index (χ3v) is 10.5. The molecule has 0 fully saturated rings. The molecule has 51 heavy (non-hydrogen) atoms. The molecule has 3 aromatic heterocycles. The Labute approximate surface area is 294 Å². The van der Waals surface area contributed by atoms with E-state index >= 15 is 0 Å². The van der Waals surface area contributed by atoms with Crippen LogP contribution in [-0.4, -0.2) is 4.40 Å². The average molecular weight is 651 g/mol. The summed E-state index contributed by atoms with van der Waals surface area (Å²) in [6, 6.07) is 65.3. The molecule has 3 nitrogen and oxygen atoms in total. The van der Waals surface area contributed by atoms with E-state index in [9.17, 15) is 0 Å². The van der Waals surface area contributed by atoms with E-state index in [1.165, 1.54) is 60.3 Å². The Morgan fingerprint density at radius 1 is 0.373 bits per heavy atom. The molecular formula is C48H30N2O. The summed E-state index contributed by atoms with van der Waals surface area (Å²) in [7, 11) is 0. The average Bonchev–Trinajstić information content (AvgIpc) is 3.86. The van der Waals surface area contributed by atoms with Gasteiger partial charge in [0.15, 0.2) is 5.58 Å². The standard InChI is InChI=1S/C48H30N2O/c1-2-10-31(11-3-1)32-20-25-35(26-21-32)49(45-18-9-16-41-38-13-5-7-19-46(38)51-48(41)45)36-27-22-33(23-28-36)34-24-29-44-42(30-34)40-15-8-14-39-37-12-4-6-17-43(37)50(44)47(39)40/h1-30H. The minimum atomic E-state index is 0.874. The van der Waals surface area contributed by atoms with Gasteiger partial charge in [0.1, 0.15) is 5.58 Å². The van der Waals surface area contributed by atoms with Crippen LogP contribution in [0, 0.1) is 0 Å². The molecule has 0 spiro atoms. The van der Waals surface area contributed by atoms with Gasteiger partial charge in [-0.1, -0.05) is 127 Å². The summed E-state index contributed by atoms with van der Waals surface area (Å²) in [4.78, 5) is 2.31. The first-order valence-electron chi connectivity index (χ1n) is 17.4. The van der Waals surface area contributed by atoms with Gasteiger partial charge in [0.25, 0.3) is 0 Å². The number of furan rings is 1. The number of hydrogen-bond donors (Lipinski definition) is 0. The number of para-hydroxylation sites is 4. The van der Waals surface area contributed by atoms with Gasteiger partial charge in [-0.25, -0.2) is 0 Å². The Kier molecular flexibility index (Phi) is 5.96. The van der Waals surface area contributed by atoms with Crippen molar-refractivity contribution < 1.29 is 4.42 Å². The fourth-order valence-corrected chi connectivity index (χ4v) is 8.18. The molecule has 11 aromatic rings. The monoisotopic (exact) mass is 650 g/mol. The van der Waals surface area contributed by atoms with Crippen LogP contribution in [0.2, 0.25) is 0 Å². The van der Waals surface area contributed by atoms with Crippen LogP contribution in [0.3, 0.4) is 0 Å². The predicted molar refractivity (Wildman–Crippen MR) is 214 cm³/mol. The molecule has 0 atom stereocenters. The largest absolute Gasteiger partial charge is 0.454 e. The maximum absolute atomic E-state index is 6.56. The van der Waals surface area contributed by atoms with Gasteiger partial charge in [-0.15, -0.1) is 0 Å². The zero-order chi connectivity index (χ0) is 33.5. The van der Waals surface area contributed by atoms with Gasteiger partial charge >= 0.3 is 0 Å². The maximum atomic E-state index is 6.56. The molecule has 0 aliphatic heterocycles. The summed E-state index contributed by atoms with van der Waals surface area (Å²) in [6.07, 6.45) is 0. The zero-order valence-corrected chi connectivity index (χ0v) is 27.6. The molecule has 0 aliphatic carbocycles. The molecule has 0 aliphatic rings. The molecule has 3 heterocycles. The van der Waals surface area contributed by atoms with Gasteiger partial charge < -0.3 is 13.7 Å². The lowest BCUT2D eigenvalue weighted by atomic mass is 10.0. The summed E-state index contributed by atoms with van der Waals surface area (Å²) in [6.45, 7) is 0. The first kappa shape index (κ1) is 28.0. The molecule has 0 N–H and O–H groups in total. The van der Waals surface area contributed by atoms with Crippen LogP contribution in [-0.2, 0) is 0 Å². The van der Waals surface area contributed by atoms with E-state index in [-0.39, 0.29) is 0 Å². The van der Waals surface area contributed by atoms with Crippen LogP contribution in [0.1, 0.15) is 0 Å². The molecule has 0 radical (unpaired) electrons. The van der Waals surface area contributed by atoms with Crippen molar-refractivity contribution >= 4 is 77.1 Å². The highest BCUT2D eigenvalue weighted by molar-refractivity contribution is 6.23. The highest BCUT2D eigenvalue weighted by Gasteiger charge is 2.20. The Balaban J connectivity index is 1.05. The lowest BCUT2D eigenvalue weighted by Crippen LogP contribution is -2.10. The first-order valence-corrected chi connectivity index (χ1v) is 17.4. The first-order chi connectivity index (χ1) is 25.3. The molecule has 0 saturated carbocycles. The van der Waals surface area contributed by atoms with Crippen LogP contribution in [0.25, 0.3) is 82.3 Å². The third kappa shape index (κ3) is 4.19. The van der Waals surface area contributed by atoms with Crippen LogP contribution in [0.5, 0.6) is 0 Å². The normalized spacial score (nSPS) is 11.9. The minimum Gasteiger partial charge on any atom is -0.454 e.